The Kier molecular flexibility index (Phi) is 13.7. The molecule has 0 fully saturated rings. The van der Waals surface area contributed by atoms with Crippen LogP contribution in [0.15, 0.2) is 0 Å². The zero-order valence-corrected chi connectivity index (χ0v) is 18.4. The number of rotatable bonds is 16. The van der Waals surface area contributed by atoms with Crippen LogP contribution >= 0.6 is 0 Å². The van der Waals surface area contributed by atoms with Crippen molar-refractivity contribution >= 4 is 17.1 Å². The second-order valence-electron chi connectivity index (χ2n) is 6.41. The smallest absolute Gasteiger partial charge is 0.337 e. The third-order valence-electron chi connectivity index (χ3n) is 4.87. The van der Waals surface area contributed by atoms with Crippen molar-refractivity contribution in [3.8, 4) is 0 Å². The molecule has 140 valence electrons. The van der Waals surface area contributed by atoms with E-state index in [1.807, 2.05) is 28.4 Å². The molecule has 0 aromatic heterocycles. The maximum atomic E-state index is 5.75. The molecule has 6 heteroatoms. The van der Waals surface area contributed by atoms with Gasteiger partial charge in [0.1, 0.15) is 0 Å². The lowest BCUT2D eigenvalue weighted by Crippen LogP contribution is -2.39. The number of unbranched alkanes of at least 4 members (excludes halogenated alkanes) is 4. The van der Waals surface area contributed by atoms with E-state index in [-0.39, 0.29) is 0 Å². The fraction of sp³-hybridized carbons (Fsp3) is 1.00. The van der Waals surface area contributed by atoms with Crippen LogP contribution in [0.25, 0.3) is 0 Å². The second kappa shape index (κ2) is 13.6. The van der Waals surface area contributed by atoms with Gasteiger partial charge in [0.05, 0.1) is 0 Å². The summed E-state index contributed by atoms with van der Waals surface area (Å²) in [6.45, 7) is 4.41. The minimum Gasteiger partial charge on any atom is -0.398 e. The monoisotopic (exact) mass is 364 g/mol. The van der Waals surface area contributed by atoms with E-state index in [9.17, 15) is 0 Å². The summed E-state index contributed by atoms with van der Waals surface area (Å²) in [7, 11) is 3.48. The molecule has 0 aliphatic heterocycles. The van der Waals surface area contributed by atoms with Crippen molar-refractivity contribution in [2.75, 3.05) is 28.4 Å². The van der Waals surface area contributed by atoms with Crippen LogP contribution in [0.4, 0.5) is 0 Å². The molecular formula is C17H40O4Si2. The van der Waals surface area contributed by atoms with Crippen molar-refractivity contribution < 1.29 is 17.7 Å². The van der Waals surface area contributed by atoms with Crippen molar-refractivity contribution in [2.45, 2.75) is 83.0 Å². The van der Waals surface area contributed by atoms with E-state index in [0.717, 1.165) is 37.0 Å². The first-order valence-electron chi connectivity index (χ1n) is 9.28. The lowest BCUT2D eigenvalue weighted by molar-refractivity contribution is 0.238. The molecule has 0 saturated heterocycles. The van der Waals surface area contributed by atoms with Crippen molar-refractivity contribution in [3.05, 3.63) is 0 Å². The van der Waals surface area contributed by atoms with Gasteiger partial charge in [-0.2, -0.15) is 0 Å². The van der Waals surface area contributed by atoms with Gasteiger partial charge in [0.15, 0.2) is 0 Å². The summed E-state index contributed by atoms with van der Waals surface area (Å²) in [6, 6.07) is 4.45. The average Bonchev–Trinajstić information content (AvgIpc) is 2.59. The fourth-order valence-electron chi connectivity index (χ4n) is 3.31. The summed E-state index contributed by atoms with van der Waals surface area (Å²) < 4.78 is 23.0. The van der Waals surface area contributed by atoms with Gasteiger partial charge in [-0.1, -0.05) is 58.8 Å². The van der Waals surface area contributed by atoms with Crippen LogP contribution in [-0.2, 0) is 17.7 Å². The van der Waals surface area contributed by atoms with Gasteiger partial charge in [0, 0.05) is 28.4 Å². The molecule has 0 heterocycles. The van der Waals surface area contributed by atoms with E-state index in [0.29, 0.717) is 0 Å². The largest absolute Gasteiger partial charge is 0.398 e. The quantitative estimate of drug-likeness (QED) is 0.278. The third kappa shape index (κ3) is 8.79. The first kappa shape index (κ1) is 23.3. The lowest BCUT2D eigenvalue weighted by atomic mass is 10.2. The third-order valence-corrected chi connectivity index (χ3v) is 12.6. The molecular weight excluding hydrogens is 324 g/mol. The first-order chi connectivity index (χ1) is 11.1. The van der Waals surface area contributed by atoms with Gasteiger partial charge in [-0.15, -0.1) is 0 Å². The Morgan fingerprint density at radius 3 is 1.04 bits per heavy atom. The van der Waals surface area contributed by atoms with Crippen molar-refractivity contribution in [2.24, 2.45) is 0 Å². The Bertz CT molecular complexity index is 243. The molecule has 0 rings (SSSR count). The zero-order chi connectivity index (χ0) is 17.6. The van der Waals surface area contributed by atoms with Crippen LogP contribution in [0, 0.1) is 0 Å². The highest BCUT2D eigenvalue weighted by molar-refractivity contribution is 6.67. The average molecular weight is 365 g/mol. The van der Waals surface area contributed by atoms with Crippen LogP contribution < -0.4 is 0 Å². The van der Waals surface area contributed by atoms with E-state index in [1.54, 1.807) is 0 Å². The summed E-state index contributed by atoms with van der Waals surface area (Å²) in [4.78, 5) is 0. The topological polar surface area (TPSA) is 36.9 Å². The van der Waals surface area contributed by atoms with Crippen LogP contribution in [0.3, 0.4) is 0 Å². The number of hydrogen-bond acceptors (Lipinski definition) is 4. The minimum absolute atomic E-state index is 1.10. The van der Waals surface area contributed by atoms with Crippen LogP contribution in [-0.4, -0.2) is 45.6 Å². The van der Waals surface area contributed by atoms with Gasteiger partial charge in [-0.3, -0.25) is 0 Å². The molecule has 0 aliphatic carbocycles. The molecule has 4 nitrogen and oxygen atoms in total. The standard InChI is InChI=1S/C17H40O4Si2/c1-7-14-22(18-3,19-4)16-12-10-9-11-13-17-23(20-5,21-6)15-8-2/h7-17H2,1-6H3. The molecule has 0 radical (unpaired) electrons. The summed E-state index contributed by atoms with van der Waals surface area (Å²) in [5, 5.41) is 0. The predicted octanol–water partition coefficient (Wildman–Crippen LogP) is 5.23. The molecule has 0 aromatic carbocycles. The molecule has 0 unspecified atom stereocenters. The zero-order valence-electron chi connectivity index (χ0n) is 16.4. The van der Waals surface area contributed by atoms with E-state index < -0.39 is 17.1 Å². The molecule has 0 atom stereocenters. The highest BCUT2D eigenvalue weighted by atomic mass is 28.4. The van der Waals surface area contributed by atoms with E-state index >= 15 is 0 Å². The Hall–Kier alpha value is 0.274. The van der Waals surface area contributed by atoms with Crippen LogP contribution in [0.2, 0.25) is 24.2 Å². The second-order valence-corrected chi connectivity index (χ2v) is 13.7. The van der Waals surface area contributed by atoms with Gasteiger partial charge in [-0.05, 0) is 24.2 Å². The van der Waals surface area contributed by atoms with Crippen LogP contribution in [0.5, 0.6) is 0 Å². The van der Waals surface area contributed by atoms with E-state index in [4.69, 9.17) is 17.7 Å². The SMILES string of the molecule is CCC[Si](CCCCCCC[Si](CCC)(OC)OC)(OC)OC. The molecule has 0 amide bonds. The Morgan fingerprint density at radius 1 is 0.478 bits per heavy atom. The molecule has 0 aliphatic rings. The highest BCUT2D eigenvalue weighted by Crippen LogP contribution is 2.25. The molecule has 0 spiro atoms. The predicted molar refractivity (Wildman–Crippen MR) is 102 cm³/mol. The highest BCUT2D eigenvalue weighted by Gasteiger charge is 2.34. The molecule has 0 aromatic rings. The van der Waals surface area contributed by atoms with Crippen molar-refractivity contribution in [1.82, 2.24) is 0 Å². The molecule has 0 bridgehead atoms. The van der Waals surface area contributed by atoms with E-state index in [1.165, 1.54) is 32.1 Å². The van der Waals surface area contributed by atoms with E-state index in [2.05, 4.69) is 13.8 Å². The van der Waals surface area contributed by atoms with Crippen molar-refractivity contribution in [3.63, 3.8) is 0 Å². The summed E-state index contributed by atoms with van der Waals surface area (Å²) in [5.74, 6) is 0. The summed E-state index contributed by atoms with van der Waals surface area (Å²) >= 11 is 0. The molecule has 0 saturated carbocycles. The normalized spacial score (nSPS) is 12.8. The number of hydrogen-bond donors (Lipinski definition) is 0. The molecule has 0 N–H and O–H groups in total. The summed E-state index contributed by atoms with van der Waals surface area (Å²) in [5.41, 5.74) is 0. The fourth-order valence-corrected chi connectivity index (χ4v) is 8.88. The summed E-state index contributed by atoms with van der Waals surface area (Å²) in [6.07, 6.45) is 8.56. The maximum absolute atomic E-state index is 5.75. The van der Waals surface area contributed by atoms with Gasteiger partial charge >= 0.3 is 17.1 Å². The first-order valence-corrected chi connectivity index (χ1v) is 13.7. The van der Waals surface area contributed by atoms with Gasteiger partial charge in [-0.25, -0.2) is 0 Å². The Balaban J connectivity index is 3.92. The van der Waals surface area contributed by atoms with Gasteiger partial charge in [0.2, 0.25) is 0 Å². The van der Waals surface area contributed by atoms with Crippen LogP contribution in [0.1, 0.15) is 58.8 Å². The molecule has 23 heavy (non-hydrogen) atoms. The Labute approximate surface area is 146 Å². The van der Waals surface area contributed by atoms with Gasteiger partial charge < -0.3 is 17.7 Å². The lowest BCUT2D eigenvalue weighted by Gasteiger charge is -2.27. The van der Waals surface area contributed by atoms with Gasteiger partial charge in [0.25, 0.3) is 0 Å². The minimum atomic E-state index is -1.90. The van der Waals surface area contributed by atoms with Crippen molar-refractivity contribution in [1.29, 1.82) is 0 Å². The maximum Gasteiger partial charge on any atom is 0.337 e. The Morgan fingerprint density at radius 2 is 0.783 bits per heavy atom.